The Bertz CT molecular complexity index is 1930. The number of rotatable bonds is 4. The van der Waals surface area contributed by atoms with Gasteiger partial charge in [0.25, 0.3) is 0 Å². The predicted octanol–water partition coefficient (Wildman–Crippen LogP) is 9.90. The molecule has 4 aromatic carbocycles. The van der Waals surface area contributed by atoms with Crippen molar-refractivity contribution >= 4 is 56.8 Å². The number of thiophene rings is 1. The highest BCUT2D eigenvalue weighted by Crippen LogP contribution is 2.53. The van der Waals surface area contributed by atoms with E-state index in [0.29, 0.717) is 5.56 Å². The Morgan fingerprint density at radius 2 is 1.21 bits per heavy atom. The third-order valence-electron chi connectivity index (χ3n) is 6.72. The first-order chi connectivity index (χ1) is 18.6. The number of aromatic nitrogens is 2. The van der Waals surface area contributed by atoms with Crippen LogP contribution >= 0.6 is 23.1 Å². The van der Waals surface area contributed by atoms with Crippen molar-refractivity contribution in [3.63, 3.8) is 0 Å². The lowest BCUT2D eigenvalue weighted by Crippen LogP contribution is -1.88. The second-order valence-electron chi connectivity index (χ2n) is 9.26. The number of hydrogen-bond acceptors (Lipinski definition) is 6. The van der Waals surface area contributed by atoms with Crippen LogP contribution < -0.4 is 0 Å². The summed E-state index contributed by atoms with van der Waals surface area (Å²) in [5.41, 5.74) is 10.9. The highest BCUT2D eigenvalue weighted by molar-refractivity contribution is 7.58. The van der Waals surface area contributed by atoms with Gasteiger partial charge in [0.05, 0.1) is 23.1 Å². The molecule has 0 radical (unpaired) electrons. The molecule has 0 bridgehead atoms. The summed E-state index contributed by atoms with van der Waals surface area (Å²) in [6.45, 7) is 3.98. The fourth-order valence-electron chi connectivity index (χ4n) is 4.78. The lowest BCUT2D eigenvalue weighted by molar-refractivity contribution is 0.630. The summed E-state index contributed by atoms with van der Waals surface area (Å²) in [5.74, 6) is -0.222. The van der Waals surface area contributed by atoms with Gasteiger partial charge in [-0.3, -0.25) is 0 Å². The Morgan fingerprint density at radius 3 is 1.95 bits per heavy atom. The van der Waals surface area contributed by atoms with Gasteiger partial charge in [0.1, 0.15) is 28.2 Å². The van der Waals surface area contributed by atoms with Gasteiger partial charge in [0, 0.05) is 26.4 Å². The van der Waals surface area contributed by atoms with Gasteiger partial charge in [0.15, 0.2) is 0 Å². The molecular weight excluding hydrogens is 532 g/mol. The van der Waals surface area contributed by atoms with Crippen molar-refractivity contribution in [2.45, 2.75) is 13.8 Å². The van der Waals surface area contributed by atoms with Gasteiger partial charge in [-0.15, -0.1) is 11.3 Å². The molecule has 3 heterocycles. The monoisotopic (exact) mass is 550 g/mol. The van der Waals surface area contributed by atoms with Gasteiger partial charge in [-0.25, -0.2) is 4.39 Å². The molecular formula is C30H19FN4S3. The van der Waals surface area contributed by atoms with Gasteiger partial charge in [-0.1, -0.05) is 66.2 Å². The van der Waals surface area contributed by atoms with Crippen LogP contribution in [0.5, 0.6) is 0 Å². The minimum atomic E-state index is -0.222. The Kier molecular flexibility index (Phi) is 5.61. The SMILES string of the molecule is Cc1ccc(-c2ccc(-c3c4c(c(-c5ccc(-c6ccc(C)cc6F)cc5)c5nsnc35)N=S=N4)s2)cc1. The number of aryl methyl sites for hydroxylation is 2. The number of halogens is 1. The highest BCUT2D eigenvalue weighted by atomic mass is 32.1. The van der Waals surface area contributed by atoms with Gasteiger partial charge in [0.2, 0.25) is 0 Å². The highest BCUT2D eigenvalue weighted by Gasteiger charge is 2.27. The Balaban J connectivity index is 1.35. The fourth-order valence-corrected chi connectivity index (χ4v) is 6.96. The average Bonchev–Trinajstić information content (AvgIpc) is 3.69. The minimum absolute atomic E-state index is 0.222. The van der Waals surface area contributed by atoms with E-state index in [1.165, 1.54) is 39.1 Å². The van der Waals surface area contributed by atoms with E-state index in [1.54, 1.807) is 17.4 Å². The Morgan fingerprint density at radius 1 is 0.605 bits per heavy atom. The second-order valence-corrected chi connectivity index (χ2v) is 11.4. The molecule has 0 fully saturated rings. The van der Waals surface area contributed by atoms with Crippen molar-refractivity contribution in [3.05, 3.63) is 95.8 Å². The quantitative estimate of drug-likeness (QED) is 0.219. The van der Waals surface area contributed by atoms with Gasteiger partial charge >= 0.3 is 0 Å². The van der Waals surface area contributed by atoms with Crippen LogP contribution in [0.1, 0.15) is 11.1 Å². The lowest BCUT2D eigenvalue weighted by atomic mass is 9.95. The van der Waals surface area contributed by atoms with Crippen molar-refractivity contribution in [1.82, 2.24) is 8.75 Å². The molecule has 0 saturated carbocycles. The molecule has 0 amide bonds. The standard InChI is InChI=1S/C30H19FN4S3/c1-16-3-6-19(7-4-16)23-13-14-24(36-23)26-29-27(32-37-34-29)25(28-30(26)35-38-33-28)20-10-8-18(9-11-20)21-12-5-17(2)15-22(21)31/h3-15H,1-2H3. The third kappa shape index (κ3) is 3.84. The zero-order chi connectivity index (χ0) is 25.8. The molecule has 0 N–H and O–H groups in total. The van der Waals surface area contributed by atoms with Crippen LogP contribution in [0, 0.1) is 19.7 Å². The number of nitrogens with zero attached hydrogens (tertiary/aromatic N) is 4. The van der Waals surface area contributed by atoms with Gasteiger partial charge < -0.3 is 0 Å². The topological polar surface area (TPSA) is 50.5 Å². The maximum absolute atomic E-state index is 14.6. The summed E-state index contributed by atoms with van der Waals surface area (Å²) in [6, 6.07) is 26.1. The average molecular weight is 551 g/mol. The molecule has 0 saturated heterocycles. The lowest BCUT2D eigenvalue weighted by Gasteiger charge is -2.12. The van der Waals surface area contributed by atoms with E-state index in [2.05, 4.69) is 43.3 Å². The van der Waals surface area contributed by atoms with E-state index < -0.39 is 0 Å². The van der Waals surface area contributed by atoms with E-state index >= 15 is 0 Å². The zero-order valence-electron chi connectivity index (χ0n) is 20.4. The van der Waals surface area contributed by atoms with E-state index in [4.69, 9.17) is 17.5 Å². The van der Waals surface area contributed by atoms with Gasteiger partial charge in [-0.2, -0.15) is 17.5 Å². The Labute approximate surface area is 230 Å². The molecule has 1 aliphatic rings. The van der Waals surface area contributed by atoms with Crippen molar-refractivity contribution in [3.8, 4) is 43.1 Å². The molecule has 1 aliphatic heterocycles. The van der Waals surface area contributed by atoms with E-state index in [9.17, 15) is 4.39 Å². The first-order valence-electron chi connectivity index (χ1n) is 12.0. The minimum Gasteiger partial charge on any atom is -0.206 e. The number of hydrogen-bond donors (Lipinski definition) is 0. The van der Waals surface area contributed by atoms with Crippen molar-refractivity contribution in [2.75, 3.05) is 0 Å². The largest absolute Gasteiger partial charge is 0.206 e. The summed E-state index contributed by atoms with van der Waals surface area (Å²) in [6.07, 6.45) is 0. The third-order valence-corrected chi connectivity index (χ3v) is 8.93. The Hall–Kier alpha value is -3.85. The van der Waals surface area contributed by atoms with Crippen LogP contribution in [0.4, 0.5) is 15.8 Å². The first kappa shape index (κ1) is 23.3. The summed E-state index contributed by atoms with van der Waals surface area (Å²) in [4.78, 5) is 2.28. The van der Waals surface area contributed by atoms with Crippen molar-refractivity contribution in [1.29, 1.82) is 0 Å². The summed E-state index contributed by atoms with van der Waals surface area (Å²) in [5, 5.41) is 0. The van der Waals surface area contributed by atoms with Gasteiger partial charge in [-0.05, 0) is 54.3 Å². The van der Waals surface area contributed by atoms with Crippen molar-refractivity contribution in [2.24, 2.45) is 8.73 Å². The summed E-state index contributed by atoms with van der Waals surface area (Å²) >= 11 is 4.11. The van der Waals surface area contributed by atoms with Crippen LogP contribution in [0.3, 0.4) is 0 Å². The number of fused-ring (bicyclic) bond motifs is 2. The van der Waals surface area contributed by atoms with Crippen LogP contribution in [-0.4, -0.2) is 8.75 Å². The van der Waals surface area contributed by atoms with Crippen LogP contribution in [0.25, 0.3) is 54.2 Å². The molecule has 184 valence electrons. The fraction of sp³-hybridized carbons (Fsp3) is 0.0667. The predicted molar refractivity (Wildman–Crippen MR) is 158 cm³/mol. The molecule has 0 unspecified atom stereocenters. The normalized spacial score (nSPS) is 12.2. The molecule has 0 aliphatic carbocycles. The first-order valence-corrected chi connectivity index (χ1v) is 14.3. The maximum atomic E-state index is 14.6. The number of benzene rings is 4. The molecule has 8 heteroatoms. The summed E-state index contributed by atoms with van der Waals surface area (Å²) < 4.78 is 33.4. The molecule has 6 aromatic rings. The van der Waals surface area contributed by atoms with Crippen LogP contribution in [0.2, 0.25) is 0 Å². The van der Waals surface area contributed by atoms with Crippen LogP contribution in [0.15, 0.2) is 87.6 Å². The zero-order valence-corrected chi connectivity index (χ0v) is 22.8. The van der Waals surface area contributed by atoms with Crippen LogP contribution in [-0.2, 0) is 11.4 Å². The van der Waals surface area contributed by atoms with E-state index in [0.717, 1.165) is 55.1 Å². The molecule has 38 heavy (non-hydrogen) atoms. The molecule has 4 nitrogen and oxygen atoms in total. The molecule has 0 spiro atoms. The van der Waals surface area contributed by atoms with E-state index in [1.807, 2.05) is 43.3 Å². The van der Waals surface area contributed by atoms with E-state index in [-0.39, 0.29) is 5.82 Å². The summed E-state index contributed by atoms with van der Waals surface area (Å²) in [7, 11) is 0. The molecule has 2 aromatic heterocycles. The second kappa shape index (κ2) is 9.16. The molecule has 7 rings (SSSR count). The molecule has 0 atom stereocenters. The smallest absolute Gasteiger partial charge is 0.131 e. The van der Waals surface area contributed by atoms with Crippen molar-refractivity contribution < 1.29 is 4.39 Å². The maximum Gasteiger partial charge on any atom is 0.131 e.